The van der Waals surface area contributed by atoms with Gasteiger partial charge in [-0.1, -0.05) is 31.4 Å². The molecule has 0 atom stereocenters. The van der Waals surface area contributed by atoms with Gasteiger partial charge in [0.15, 0.2) is 0 Å². The normalized spacial score (nSPS) is 16.7. The minimum absolute atomic E-state index is 0.159. The van der Waals surface area contributed by atoms with Gasteiger partial charge in [-0.3, -0.25) is 0 Å². The number of nitriles is 1. The van der Waals surface area contributed by atoms with Gasteiger partial charge in [-0.15, -0.1) is 0 Å². The zero-order valence-corrected chi connectivity index (χ0v) is 10.6. The van der Waals surface area contributed by atoms with Gasteiger partial charge in [0.25, 0.3) is 0 Å². The predicted molar refractivity (Wildman–Crippen MR) is 69.3 cm³/mol. The minimum atomic E-state index is -0.335. The Morgan fingerprint density at radius 2 is 2.06 bits per heavy atom. The predicted octanol–water partition coefficient (Wildman–Crippen LogP) is 4.26. The summed E-state index contributed by atoms with van der Waals surface area (Å²) in [4.78, 5) is 0. The van der Waals surface area contributed by atoms with Crippen LogP contribution in [0, 0.1) is 17.1 Å². The second-order valence-electron chi connectivity index (χ2n) is 4.46. The molecule has 90 valence electrons. The van der Waals surface area contributed by atoms with E-state index in [-0.39, 0.29) is 11.4 Å². The van der Waals surface area contributed by atoms with E-state index in [1.165, 1.54) is 38.2 Å². The molecule has 1 aliphatic carbocycles. The van der Waals surface area contributed by atoms with Gasteiger partial charge in [0, 0.05) is 11.0 Å². The van der Waals surface area contributed by atoms with Crippen molar-refractivity contribution < 1.29 is 4.39 Å². The lowest BCUT2D eigenvalue weighted by Gasteiger charge is -2.21. The molecule has 0 radical (unpaired) electrons. The highest BCUT2D eigenvalue weighted by Crippen LogP contribution is 2.31. The maximum absolute atomic E-state index is 13.8. The lowest BCUT2D eigenvalue weighted by atomic mass is 10.0. The van der Waals surface area contributed by atoms with Gasteiger partial charge in [0.1, 0.15) is 11.9 Å². The Balaban J connectivity index is 1.96. The van der Waals surface area contributed by atoms with Crippen molar-refractivity contribution in [2.75, 3.05) is 0 Å². The average molecular weight is 249 g/mol. The van der Waals surface area contributed by atoms with Gasteiger partial charge in [-0.25, -0.2) is 4.39 Å². The molecule has 0 unspecified atom stereocenters. The van der Waals surface area contributed by atoms with Crippen LogP contribution < -0.4 is 0 Å². The third-order valence-electron chi connectivity index (χ3n) is 3.23. The van der Waals surface area contributed by atoms with Crippen molar-refractivity contribution in [1.29, 1.82) is 5.26 Å². The van der Waals surface area contributed by atoms with E-state index in [0.29, 0.717) is 16.6 Å². The van der Waals surface area contributed by atoms with Crippen LogP contribution in [0.4, 0.5) is 4.39 Å². The molecule has 0 N–H and O–H groups in total. The van der Waals surface area contributed by atoms with Gasteiger partial charge in [0.05, 0.1) is 5.56 Å². The van der Waals surface area contributed by atoms with Crippen LogP contribution in [-0.2, 0) is 5.75 Å². The Morgan fingerprint density at radius 1 is 1.29 bits per heavy atom. The summed E-state index contributed by atoms with van der Waals surface area (Å²) in [7, 11) is 0. The molecule has 0 spiro atoms. The lowest BCUT2D eigenvalue weighted by Crippen LogP contribution is -2.08. The van der Waals surface area contributed by atoms with Crippen LogP contribution in [0.15, 0.2) is 18.2 Å². The highest BCUT2D eigenvalue weighted by Gasteiger charge is 2.15. The van der Waals surface area contributed by atoms with Crippen LogP contribution in [-0.4, -0.2) is 5.25 Å². The molecule has 0 saturated heterocycles. The molecule has 1 aliphatic rings. The summed E-state index contributed by atoms with van der Waals surface area (Å²) in [5, 5.41) is 9.44. The second-order valence-corrected chi connectivity index (χ2v) is 5.75. The van der Waals surface area contributed by atoms with E-state index < -0.39 is 0 Å². The first-order chi connectivity index (χ1) is 8.31. The van der Waals surface area contributed by atoms with Gasteiger partial charge >= 0.3 is 0 Å². The summed E-state index contributed by atoms with van der Waals surface area (Å²) in [6, 6.07) is 6.97. The molecule has 0 heterocycles. The zero-order chi connectivity index (χ0) is 12.1. The first-order valence-electron chi connectivity index (χ1n) is 6.10. The third-order valence-corrected chi connectivity index (χ3v) is 4.65. The van der Waals surface area contributed by atoms with Gasteiger partial charge in [0.2, 0.25) is 0 Å². The number of hydrogen-bond acceptors (Lipinski definition) is 2. The molecule has 0 aliphatic heterocycles. The zero-order valence-electron chi connectivity index (χ0n) is 9.79. The molecule has 17 heavy (non-hydrogen) atoms. The Hall–Kier alpha value is -1.01. The highest BCUT2D eigenvalue weighted by atomic mass is 32.2. The molecular formula is C14H16FNS. The lowest BCUT2D eigenvalue weighted by molar-refractivity contribution is 0.516. The van der Waals surface area contributed by atoms with Crippen LogP contribution >= 0.6 is 11.8 Å². The van der Waals surface area contributed by atoms with Crippen LogP contribution in [0.3, 0.4) is 0 Å². The van der Waals surface area contributed by atoms with E-state index in [9.17, 15) is 4.39 Å². The molecule has 0 aromatic heterocycles. The summed E-state index contributed by atoms with van der Waals surface area (Å²) < 4.78 is 13.8. The molecule has 3 heteroatoms. The first-order valence-corrected chi connectivity index (χ1v) is 7.15. The fourth-order valence-corrected chi connectivity index (χ4v) is 3.52. The van der Waals surface area contributed by atoms with Crippen molar-refractivity contribution in [2.24, 2.45) is 0 Å². The summed E-state index contributed by atoms with van der Waals surface area (Å²) in [5.74, 6) is 0.352. The van der Waals surface area contributed by atoms with Crippen molar-refractivity contribution in [2.45, 2.75) is 43.1 Å². The number of rotatable bonds is 3. The molecule has 0 amide bonds. The van der Waals surface area contributed by atoms with Crippen LogP contribution in [0.25, 0.3) is 0 Å². The van der Waals surface area contributed by atoms with Crippen LogP contribution in [0.5, 0.6) is 0 Å². The average Bonchev–Trinajstić information content (AvgIpc) is 2.39. The number of nitrogens with zero attached hydrogens (tertiary/aromatic N) is 1. The van der Waals surface area contributed by atoms with Crippen molar-refractivity contribution >= 4 is 11.8 Å². The molecule has 1 nitrogen and oxygen atoms in total. The number of benzene rings is 1. The van der Waals surface area contributed by atoms with Gasteiger partial charge in [-0.2, -0.15) is 17.0 Å². The van der Waals surface area contributed by atoms with E-state index in [4.69, 9.17) is 5.26 Å². The number of halogens is 1. The Bertz CT molecular complexity index is 419. The first kappa shape index (κ1) is 12.4. The van der Waals surface area contributed by atoms with E-state index in [0.717, 1.165) is 0 Å². The topological polar surface area (TPSA) is 23.8 Å². The smallest absolute Gasteiger partial charge is 0.144 e. The molecule has 1 aromatic rings. The second kappa shape index (κ2) is 6.07. The highest BCUT2D eigenvalue weighted by molar-refractivity contribution is 7.99. The number of thioether (sulfide) groups is 1. The number of hydrogen-bond donors (Lipinski definition) is 0. The SMILES string of the molecule is N#Cc1cccc(CSC2CCCCC2)c1F. The minimum Gasteiger partial charge on any atom is -0.205 e. The van der Waals surface area contributed by atoms with E-state index in [1.807, 2.05) is 17.8 Å². The molecule has 2 rings (SSSR count). The molecule has 0 bridgehead atoms. The van der Waals surface area contributed by atoms with E-state index >= 15 is 0 Å². The molecular weight excluding hydrogens is 233 g/mol. The molecule has 1 fully saturated rings. The van der Waals surface area contributed by atoms with Crippen molar-refractivity contribution in [3.63, 3.8) is 0 Å². The Kier molecular flexibility index (Phi) is 4.44. The van der Waals surface area contributed by atoms with Crippen molar-refractivity contribution in [1.82, 2.24) is 0 Å². The molecule has 1 saturated carbocycles. The standard InChI is InChI=1S/C14H16FNS/c15-14-11(9-16)5-4-6-12(14)10-17-13-7-2-1-3-8-13/h4-6,13H,1-3,7-8,10H2. The fourth-order valence-electron chi connectivity index (χ4n) is 2.22. The fraction of sp³-hybridized carbons (Fsp3) is 0.500. The van der Waals surface area contributed by atoms with E-state index in [2.05, 4.69) is 0 Å². The molecule has 1 aromatic carbocycles. The monoisotopic (exact) mass is 249 g/mol. The summed E-state index contributed by atoms with van der Waals surface area (Å²) >= 11 is 1.83. The summed E-state index contributed by atoms with van der Waals surface area (Å²) in [6.07, 6.45) is 6.46. The largest absolute Gasteiger partial charge is 0.205 e. The quantitative estimate of drug-likeness (QED) is 0.799. The maximum atomic E-state index is 13.8. The van der Waals surface area contributed by atoms with Crippen molar-refractivity contribution in [3.8, 4) is 6.07 Å². The Morgan fingerprint density at radius 3 is 2.76 bits per heavy atom. The third kappa shape index (κ3) is 3.23. The summed E-state index contributed by atoms with van der Waals surface area (Å²) in [5.41, 5.74) is 0.825. The van der Waals surface area contributed by atoms with E-state index in [1.54, 1.807) is 12.1 Å². The summed E-state index contributed by atoms with van der Waals surface area (Å²) in [6.45, 7) is 0. The maximum Gasteiger partial charge on any atom is 0.144 e. The van der Waals surface area contributed by atoms with Crippen LogP contribution in [0.1, 0.15) is 43.2 Å². The van der Waals surface area contributed by atoms with Crippen molar-refractivity contribution in [3.05, 3.63) is 35.1 Å². The van der Waals surface area contributed by atoms with Gasteiger partial charge in [-0.05, 0) is 24.5 Å². The Labute approximate surface area is 106 Å². The van der Waals surface area contributed by atoms with Crippen LogP contribution in [0.2, 0.25) is 0 Å². The van der Waals surface area contributed by atoms with Gasteiger partial charge < -0.3 is 0 Å².